The number of carbonyl (C=O) groups is 1. The maximum atomic E-state index is 11.9. The van der Waals surface area contributed by atoms with Crippen molar-refractivity contribution >= 4 is 11.7 Å². The zero-order valence-corrected chi connectivity index (χ0v) is 11.2. The first-order valence-corrected chi connectivity index (χ1v) is 6.03. The molecule has 0 aliphatic rings. The molecule has 2 rings (SSSR count). The summed E-state index contributed by atoms with van der Waals surface area (Å²) in [5, 5.41) is 10.7. The third kappa shape index (κ3) is 3.33. The molecule has 1 aromatic carbocycles. The number of ether oxygens (including phenoxy) is 1. The summed E-state index contributed by atoms with van der Waals surface area (Å²) in [6, 6.07) is 8.92. The van der Waals surface area contributed by atoms with Crippen molar-refractivity contribution in [3.05, 3.63) is 63.1 Å². The molecule has 1 aromatic heterocycles. The standard InChI is InChI=1S/C14H12N2O5/c1-21-14(18)9-15-6-5-11(8-13(15)17)10-3-2-4-12(7-10)16(19)20/h2-8H,9H2,1H3. The highest BCUT2D eigenvalue weighted by Gasteiger charge is 2.09. The number of pyridine rings is 1. The molecular weight excluding hydrogens is 276 g/mol. The van der Waals surface area contributed by atoms with Gasteiger partial charge in [0.2, 0.25) is 0 Å². The summed E-state index contributed by atoms with van der Waals surface area (Å²) in [6.07, 6.45) is 1.45. The molecule has 21 heavy (non-hydrogen) atoms. The normalized spacial score (nSPS) is 10.1. The van der Waals surface area contributed by atoms with Crippen LogP contribution in [0.1, 0.15) is 0 Å². The van der Waals surface area contributed by atoms with Crippen LogP contribution in [0.25, 0.3) is 11.1 Å². The van der Waals surface area contributed by atoms with E-state index in [1.165, 1.54) is 36.1 Å². The van der Waals surface area contributed by atoms with Gasteiger partial charge in [0.25, 0.3) is 11.2 Å². The van der Waals surface area contributed by atoms with Crippen LogP contribution < -0.4 is 5.56 Å². The minimum absolute atomic E-state index is 0.0498. The van der Waals surface area contributed by atoms with Gasteiger partial charge in [-0.15, -0.1) is 0 Å². The molecular formula is C14H12N2O5. The van der Waals surface area contributed by atoms with Gasteiger partial charge in [-0.2, -0.15) is 0 Å². The largest absolute Gasteiger partial charge is 0.468 e. The van der Waals surface area contributed by atoms with Gasteiger partial charge in [-0.1, -0.05) is 12.1 Å². The van der Waals surface area contributed by atoms with E-state index >= 15 is 0 Å². The van der Waals surface area contributed by atoms with E-state index in [2.05, 4.69) is 4.74 Å². The number of benzene rings is 1. The molecule has 0 amide bonds. The monoisotopic (exact) mass is 288 g/mol. The summed E-state index contributed by atoms with van der Waals surface area (Å²) in [6.45, 7) is -0.176. The summed E-state index contributed by atoms with van der Waals surface area (Å²) in [7, 11) is 1.24. The zero-order chi connectivity index (χ0) is 15.4. The predicted octanol–water partition coefficient (Wildman–Crippen LogP) is 1.60. The number of methoxy groups -OCH3 is 1. The molecule has 0 N–H and O–H groups in total. The van der Waals surface area contributed by atoms with Crippen molar-refractivity contribution in [2.75, 3.05) is 7.11 Å². The average molecular weight is 288 g/mol. The highest BCUT2D eigenvalue weighted by atomic mass is 16.6. The SMILES string of the molecule is COC(=O)Cn1ccc(-c2cccc([N+](=O)[O-])c2)cc1=O. The third-order valence-corrected chi connectivity index (χ3v) is 2.91. The second-order valence-electron chi connectivity index (χ2n) is 4.27. The van der Waals surface area contributed by atoms with Gasteiger partial charge in [0, 0.05) is 24.4 Å². The van der Waals surface area contributed by atoms with Crippen LogP contribution in [0.4, 0.5) is 5.69 Å². The lowest BCUT2D eigenvalue weighted by atomic mass is 10.1. The fourth-order valence-electron chi connectivity index (χ4n) is 1.82. The molecule has 0 saturated carbocycles. The first-order valence-electron chi connectivity index (χ1n) is 6.03. The highest BCUT2D eigenvalue weighted by molar-refractivity contribution is 5.69. The lowest BCUT2D eigenvalue weighted by Gasteiger charge is -2.06. The van der Waals surface area contributed by atoms with Gasteiger partial charge < -0.3 is 9.30 Å². The Kier molecular flexibility index (Phi) is 4.13. The van der Waals surface area contributed by atoms with Crippen molar-refractivity contribution in [2.45, 2.75) is 6.54 Å². The average Bonchev–Trinajstić information content (AvgIpc) is 2.49. The molecule has 108 valence electrons. The van der Waals surface area contributed by atoms with Crippen LogP contribution in [0.3, 0.4) is 0 Å². The highest BCUT2D eigenvalue weighted by Crippen LogP contribution is 2.22. The van der Waals surface area contributed by atoms with Gasteiger partial charge in [0.15, 0.2) is 0 Å². The molecule has 7 heteroatoms. The molecule has 0 fully saturated rings. The Bertz CT molecular complexity index is 751. The molecule has 0 unspecified atom stereocenters. The smallest absolute Gasteiger partial charge is 0.325 e. The summed E-state index contributed by atoms with van der Waals surface area (Å²) in [4.78, 5) is 33.3. The first-order chi connectivity index (χ1) is 10.0. The van der Waals surface area contributed by atoms with Crippen molar-refractivity contribution < 1.29 is 14.5 Å². The first kappa shape index (κ1) is 14.4. The molecule has 2 aromatic rings. The van der Waals surface area contributed by atoms with Gasteiger partial charge in [-0.3, -0.25) is 19.7 Å². The lowest BCUT2D eigenvalue weighted by molar-refractivity contribution is -0.384. The van der Waals surface area contributed by atoms with E-state index in [9.17, 15) is 19.7 Å². The summed E-state index contributed by atoms with van der Waals surface area (Å²) < 4.78 is 5.69. The third-order valence-electron chi connectivity index (χ3n) is 2.91. The van der Waals surface area contributed by atoms with E-state index in [4.69, 9.17) is 0 Å². The van der Waals surface area contributed by atoms with Gasteiger partial charge >= 0.3 is 5.97 Å². The van der Waals surface area contributed by atoms with E-state index in [-0.39, 0.29) is 17.8 Å². The van der Waals surface area contributed by atoms with Gasteiger partial charge in [0.05, 0.1) is 12.0 Å². The molecule has 7 nitrogen and oxygen atoms in total. The van der Waals surface area contributed by atoms with Crippen LogP contribution in [-0.4, -0.2) is 22.6 Å². The van der Waals surface area contributed by atoms with Crippen LogP contribution in [0, 0.1) is 10.1 Å². The second kappa shape index (κ2) is 6.00. The van der Waals surface area contributed by atoms with Gasteiger partial charge in [0.1, 0.15) is 6.54 Å². The molecule has 0 aliphatic carbocycles. The summed E-state index contributed by atoms with van der Waals surface area (Å²) in [5.41, 5.74) is 0.673. The number of hydrogen-bond donors (Lipinski definition) is 0. The zero-order valence-electron chi connectivity index (χ0n) is 11.2. The summed E-state index contributed by atoms with van der Waals surface area (Å²) >= 11 is 0. The molecule has 0 saturated heterocycles. The van der Waals surface area contributed by atoms with Gasteiger partial charge in [-0.25, -0.2) is 0 Å². The number of nitro benzene ring substituents is 1. The maximum absolute atomic E-state index is 11.9. The molecule has 0 atom stereocenters. The van der Waals surface area contributed by atoms with E-state index in [0.29, 0.717) is 11.1 Å². The fraction of sp³-hybridized carbons (Fsp3) is 0.143. The number of nitro groups is 1. The second-order valence-corrected chi connectivity index (χ2v) is 4.27. The Morgan fingerprint density at radius 3 is 2.62 bits per heavy atom. The molecule has 1 heterocycles. The van der Waals surface area contributed by atoms with E-state index in [1.54, 1.807) is 18.2 Å². The number of hydrogen-bond acceptors (Lipinski definition) is 5. The summed E-state index contributed by atoms with van der Waals surface area (Å²) in [5.74, 6) is -0.528. The molecule has 0 radical (unpaired) electrons. The van der Waals surface area contributed by atoms with Crippen LogP contribution in [-0.2, 0) is 16.1 Å². The molecule has 0 spiro atoms. The Morgan fingerprint density at radius 2 is 2.00 bits per heavy atom. The fourth-order valence-corrected chi connectivity index (χ4v) is 1.82. The Hall–Kier alpha value is -2.96. The minimum atomic E-state index is -0.528. The Balaban J connectivity index is 2.36. The van der Waals surface area contributed by atoms with Gasteiger partial charge in [-0.05, 0) is 17.2 Å². The molecule has 0 aliphatic heterocycles. The van der Waals surface area contributed by atoms with Crippen LogP contribution in [0.5, 0.6) is 0 Å². The van der Waals surface area contributed by atoms with Crippen molar-refractivity contribution in [1.82, 2.24) is 4.57 Å². The minimum Gasteiger partial charge on any atom is -0.468 e. The number of aromatic nitrogens is 1. The van der Waals surface area contributed by atoms with Crippen molar-refractivity contribution in [3.8, 4) is 11.1 Å². The van der Waals surface area contributed by atoms with Crippen molar-refractivity contribution in [3.63, 3.8) is 0 Å². The van der Waals surface area contributed by atoms with Crippen LogP contribution in [0.2, 0.25) is 0 Å². The maximum Gasteiger partial charge on any atom is 0.325 e. The number of carbonyl (C=O) groups excluding carboxylic acids is 1. The lowest BCUT2D eigenvalue weighted by Crippen LogP contribution is -2.23. The number of nitrogens with zero attached hydrogens (tertiary/aromatic N) is 2. The van der Waals surface area contributed by atoms with E-state index in [1.807, 2.05) is 0 Å². The quantitative estimate of drug-likeness (QED) is 0.484. The van der Waals surface area contributed by atoms with E-state index < -0.39 is 10.9 Å². The van der Waals surface area contributed by atoms with E-state index in [0.717, 1.165) is 0 Å². The Morgan fingerprint density at radius 1 is 1.29 bits per heavy atom. The topological polar surface area (TPSA) is 91.4 Å². The van der Waals surface area contributed by atoms with Crippen LogP contribution in [0.15, 0.2) is 47.4 Å². The van der Waals surface area contributed by atoms with Crippen LogP contribution >= 0.6 is 0 Å². The molecule has 0 bridgehead atoms. The number of rotatable bonds is 4. The number of esters is 1. The van der Waals surface area contributed by atoms with Crippen molar-refractivity contribution in [2.24, 2.45) is 0 Å². The van der Waals surface area contributed by atoms with Crippen molar-refractivity contribution in [1.29, 1.82) is 0 Å². The number of non-ortho nitro benzene ring substituents is 1. The Labute approximate surface area is 119 Å². The predicted molar refractivity (Wildman–Crippen MR) is 74.8 cm³/mol.